The van der Waals surface area contributed by atoms with E-state index in [9.17, 15) is 0 Å². The van der Waals surface area contributed by atoms with Crippen molar-refractivity contribution in [1.82, 2.24) is 9.55 Å². The summed E-state index contributed by atoms with van der Waals surface area (Å²) in [5.41, 5.74) is 7.16. The lowest BCUT2D eigenvalue weighted by atomic mass is 9.93. The van der Waals surface area contributed by atoms with E-state index in [1.807, 2.05) is 12.5 Å². The third-order valence-corrected chi connectivity index (χ3v) is 5.09. The van der Waals surface area contributed by atoms with E-state index in [0.29, 0.717) is 18.4 Å². The molecule has 104 valence electrons. The summed E-state index contributed by atoms with van der Waals surface area (Å²) in [6.45, 7) is 6.07. The van der Waals surface area contributed by atoms with E-state index in [1.54, 1.807) is 11.3 Å². The van der Waals surface area contributed by atoms with Crippen LogP contribution in [0.1, 0.15) is 30.3 Å². The normalized spacial score (nSPS) is 13.1. The first-order chi connectivity index (χ1) is 9.11. The summed E-state index contributed by atoms with van der Waals surface area (Å²) < 4.78 is 3.43. The third kappa shape index (κ3) is 3.68. The number of imidazole rings is 1. The Balaban J connectivity index is 2.07. The molecule has 0 spiro atoms. The minimum Gasteiger partial charge on any atom is -0.334 e. The maximum absolute atomic E-state index is 5.90. The highest BCUT2D eigenvalue weighted by Gasteiger charge is 2.18. The Morgan fingerprint density at radius 2 is 2.21 bits per heavy atom. The second-order valence-electron chi connectivity index (χ2n) is 5.05. The molecule has 0 aliphatic rings. The molecule has 0 aliphatic heterocycles. The molecule has 2 aromatic rings. The van der Waals surface area contributed by atoms with Gasteiger partial charge < -0.3 is 10.3 Å². The molecule has 1 atom stereocenters. The molecule has 2 N–H and O–H groups in total. The Morgan fingerprint density at radius 1 is 1.42 bits per heavy atom. The molecule has 19 heavy (non-hydrogen) atoms. The molecule has 5 heteroatoms. The van der Waals surface area contributed by atoms with Crippen molar-refractivity contribution in [3.63, 3.8) is 0 Å². The Kier molecular flexibility index (Phi) is 5.19. The fraction of sp³-hybridized carbons (Fsp3) is 0.500. The molecule has 0 saturated carbocycles. The van der Waals surface area contributed by atoms with Gasteiger partial charge in [0.05, 0.1) is 10.1 Å². The first-order valence-corrected chi connectivity index (χ1v) is 8.17. The number of nitrogens with zero attached hydrogens (tertiary/aromatic N) is 2. The number of nitrogens with two attached hydrogens (primary N) is 1. The number of halogens is 1. The van der Waals surface area contributed by atoms with E-state index < -0.39 is 0 Å². The van der Waals surface area contributed by atoms with Crippen molar-refractivity contribution in [2.75, 3.05) is 6.54 Å². The summed E-state index contributed by atoms with van der Waals surface area (Å²) in [7, 11) is 0. The van der Waals surface area contributed by atoms with Gasteiger partial charge in [-0.05, 0) is 40.4 Å². The van der Waals surface area contributed by atoms with Crippen molar-refractivity contribution in [3.8, 4) is 0 Å². The van der Waals surface area contributed by atoms with Gasteiger partial charge in [0.1, 0.15) is 0 Å². The molecule has 1 unspecified atom stereocenters. The van der Waals surface area contributed by atoms with Crippen LogP contribution in [0, 0.1) is 5.92 Å². The van der Waals surface area contributed by atoms with Gasteiger partial charge in [-0.2, -0.15) is 0 Å². The molecule has 0 fully saturated rings. The number of rotatable bonds is 6. The van der Waals surface area contributed by atoms with Crippen molar-refractivity contribution >= 4 is 27.3 Å². The van der Waals surface area contributed by atoms with Crippen molar-refractivity contribution in [3.05, 3.63) is 39.0 Å². The van der Waals surface area contributed by atoms with Crippen LogP contribution in [0.2, 0.25) is 0 Å². The molecule has 0 saturated heterocycles. The summed E-state index contributed by atoms with van der Waals surface area (Å²) in [5, 5.41) is 0. The topological polar surface area (TPSA) is 43.8 Å². The van der Waals surface area contributed by atoms with Gasteiger partial charge in [-0.3, -0.25) is 0 Å². The molecule has 2 heterocycles. The van der Waals surface area contributed by atoms with Crippen LogP contribution in [-0.4, -0.2) is 16.1 Å². The Morgan fingerprint density at radius 3 is 2.79 bits per heavy atom. The third-order valence-electron chi connectivity index (χ3n) is 3.41. The maximum atomic E-state index is 5.90. The molecule has 2 aromatic heterocycles. The molecular weight excluding hydrogens is 322 g/mol. The molecule has 0 aromatic carbocycles. The van der Waals surface area contributed by atoms with Crippen molar-refractivity contribution in [2.45, 2.75) is 32.7 Å². The van der Waals surface area contributed by atoms with E-state index in [1.165, 1.54) is 14.4 Å². The van der Waals surface area contributed by atoms with Gasteiger partial charge in [0.15, 0.2) is 0 Å². The predicted molar refractivity (Wildman–Crippen MR) is 84.6 cm³/mol. The van der Waals surface area contributed by atoms with Crippen LogP contribution >= 0.6 is 27.3 Å². The van der Waals surface area contributed by atoms with Crippen LogP contribution < -0.4 is 5.73 Å². The minimum absolute atomic E-state index is 0.387. The summed E-state index contributed by atoms with van der Waals surface area (Å²) >= 11 is 5.30. The summed E-state index contributed by atoms with van der Waals surface area (Å²) in [6.07, 6.45) is 4.92. The van der Waals surface area contributed by atoms with Gasteiger partial charge >= 0.3 is 0 Å². The monoisotopic (exact) mass is 341 g/mol. The molecule has 0 aliphatic carbocycles. The number of aryl methyl sites for hydroxylation is 2. The van der Waals surface area contributed by atoms with E-state index in [4.69, 9.17) is 5.73 Å². The maximum Gasteiger partial charge on any atom is 0.0948 e. The second-order valence-corrected chi connectivity index (χ2v) is 7.60. The first-order valence-electron chi connectivity index (χ1n) is 6.56. The fourth-order valence-corrected chi connectivity index (χ4v) is 3.75. The average molecular weight is 342 g/mol. The molecule has 0 bridgehead atoms. The molecule has 3 nitrogen and oxygen atoms in total. The number of hydrogen-bond donors (Lipinski definition) is 1. The van der Waals surface area contributed by atoms with Crippen molar-refractivity contribution in [1.29, 1.82) is 0 Å². The van der Waals surface area contributed by atoms with Crippen molar-refractivity contribution < 1.29 is 0 Å². The highest BCUT2D eigenvalue weighted by molar-refractivity contribution is 9.11. The smallest absolute Gasteiger partial charge is 0.0948 e. The summed E-state index contributed by atoms with van der Waals surface area (Å²) in [6, 6.07) is 4.28. The standard InChI is InChI=1S/C14H20BrN3S/c1-10(2)12(7-16)13-8-17-9-18(13)6-5-11-3-4-14(15)19-11/h3-4,8-10,12H,5-7,16H2,1-2H3. The van der Waals surface area contributed by atoms with Gasteiger partial charge in [0.2, 0.25) is 0 Å². The number of thiophene rings is 1. The molecule has 2 rings (SSSR count). The van der Waals surface area contributed by atoms with Gasteiger partial charge in [-0.25, -0.2) is 4.98 Å². The zero-order valence-corrected chi connectivity index (χ0v) is 13.7. The van der Waals surface area contributed by atoms with Crippen LogP contribution in [-0.2, 0) is 13.0 Å². The SMILES string of the molecule is CC(C)C(CN)c1cncn1CCc1ccc(Br)s1. The van der Waals surface area contributed by atoms with Gasteiger partial charge in [0.25, 0.3) is 0 Å². The molecule has 0 radical (unpaired) electrons. The zero-order valence-electron chi connectivity index (χ0n) is 11.3. The summed E-state index contributed by atoms with van der Waals surface area (Å²) in [5.74, 6) is 0.925. The first kappa shape index (κ1) is 14.8. The molecule has 0 amide bonds. The van der Waals surface area contributed by atoms with Gasteiger partial charge in [-0.15, -0.1) is 11.3 Å². The van der Waals surface area contributed by atoms with Gasteiger partial charge in [0, 0.05) is 35.8 Å². The van der Waals surface area contributed by atoms with Crippen LogP contribution in [0.3, 0.4) is 0 Å². The van der Waals surface area contributed by atoms with E-state index in [-0.39, 0.29) is 0 Å². The van der Waals surface area contributed by atoms with Gasteiger partial charge in [-0.1, -0.05) is 13.8 Å². The number of aromatic nitrogens is 2. The fourth-order valence-electron chi connectivity index (χ4n) is 2.28. The van der Waals surface area contributed by atoms with Crippen LogP contribution in [0.25, 0.3) is 0 Å². The molecular formula is C14H20BrN3S. The lowest BCUT2D eigenvalue weighted by Gasteiger charge is -2.20. The Hall–Kier alpha value is -0.650. The average Bonchev–Trinajstić information content (AvgIpc) is 2.96. The Labute approximate surface area is 127 Å². The Bertz CT molecular complexity index is 518. The lowest BCUT2D eigenvalue weighted by Crippen LogP contribution is -2.21. The predicted octanol–water partition coefficient (Wildman–Crippen LogP) is 3.65. The van der Waals surface area contributed by atoms with Crippen LogP contribution in [0.4, 0.5) is 0 Å². The number of hydrogen-bond acceptors (Lipinski definition) is 3. The van der Waals surface area contributed by atoms with E-state index in [2.05, 4.69) is 51.5 Å². The zero-order chi connectivity index (χ0) is 13.8. The summed E-state index contributed by atoms with van der Waals surface area (Å²) in [4.78, 5) is 5.68. The highest BCUT2D eigenvalue weighted by Crippen LogP contribution is 2.25. The quantitative estimate of drug-likeness (QED) is 0.871. The van der Waals surface area contributed by atoms with E-state index >= 15 is 0 Å². The highest BCUT2D eigenvalue weighted by atomic mass is 79.9. The lowest BCUT2D eigenvalue weighted by molar-refractivity contribution is 0.472. The van der Waals surface area contributed by atoms with Crippen LogP contribution in [0.15, 0.2) is 28.4 Å². The van der Waals surface area contributed by atoms with E-state index in [0.717, 1.165) is 13.0 Å². The van der Waals surface area contributed by atoms with Crippen molar-refractivity contribution in [2.24, 2.45) is 11.7 Å². The van der Waals surface area contributed by atoms with Crippen LogP contribution in [0.5, 0.6) is 0 Å². The largest absolute Gasteiger partial charge is 0.334 e. The second kappa shape index (κ2) is 6.68. The minimum atomic E-state index is 0.387.